The van der Waals surface area contributed by atoms with Crippen LogP contribution in [0.5, 0.6) is 0 Å². The normalized spacial score (nSPS) is 10.8. The molecule has 0 atom stereocenters. The van der Waals surface area contributed by atoms with Crippen molar-refractivity contribution in [1.82, 2.24) is 9.97 Å². The molecule has 0 unspecified atom stereocenters. The van der Waals surface area contributed by atoms with E-state index in [9.17, 15) is 9.18 Å². The maximum atomic E-state index is 12.8. The van der Waals surface area contributed by atoms with Crippen molar-refractivity contribution in [3.63, 3.8) is 0 Å². The molecule has 0 aliphatic heterocycles. The molecule has 0 spiro atoms. The van der Waals surface area contributed by atoms with Crippen LogP contribution in [0.15, 0.2) is 30.3 Å². The summed E-state index contributed by atoms with van der Waals surface area (Å²) in [4.78, 5) is 20.7. The molecular weight excluding hydrogens is 289 g/mol. The summed E-state index contributed by atoms with van der Waals surface area (Å²) >= 11 is 1.38. The minimum atomic E-state index is -0.373. The first-order valence-electron chi connectivity index (χ1n) is 6.34. The predicted molar refractivity (Wildman–Crippen MR) is 81.2 cm³/mol. The Morgan fingerprint density at radius 1 is 1.19 bits per heavy atom. The molecule has 106 valence electrons. The van der Waals surface area contributed by atoms with E-state index in [-0.39, 0.29) is 11.7 Å². The summed E-state index contributed by atoms with van der Waals surface area (Å²) in [6, 6.07) is 7.36. The minimum absolute atomic E-state index is 0.316. The number of hydrogen-bond donors (Lipinski definition) is 1. The third kappa shape index (κ3) is 2.75. The number of halogens is 1. The predicted octanol–water partition coefficient (Wildman–Crippen LogP) is 3.70. The van der Waals surface area contributed by atoms with Gasteiger partial charge in [0.05, 0.1) is 4.70 Å². The maximum Gasteiger partial charge on any atom is 0.257 e. The second-order valence-corrected chi connectivity index (χ2v) is 5.71. The van der Waals surface area contributed by atoms with E-state index in [0.29, 0.717) is 16.3 Å². The molecule has 3 rings (SSSR count). The van der Waals surface area contributed by atoms with Gasteiger partial charge >= 0.3 is 0 Å². The van der Waals surface area contributed by atoms with Crippen LogP contribution >= 0.6 is 11.3 Å². The van der Waals surface area contributed by atoms with Gasteiger partial charge in [-0.05, 0) is 49.7 Å². The highest BCUT2D eigenvalue weighted by Gasteiger charge is 2.12. The Morgan fingerprint density at radius 2 is 1.90 bits per heavy atom. The summed E-state index contributed by atoms with van der Waals surface area (Å²) in [6.45, 7) is 3.89. The molecule has 0 aliphatic rings. The van der Waals surface area contributed by atoms with Gasteiger partial charge in [0.15, 0.2) is 10.8 Å². The van der Waals surface area contributed by atoms with E-state index in [0.717, 1.165) is 16.0 Å². The molecule has 2 heterocycles. The Morgan fingerprint density at radius 3 is 2.62 bits per heavy atom. The van der Waals surface area contributed by atoms with E-state index in [1.54, 1.807) is 0 Å². The second-order valence-electron chi connectivity index (χ2n) is 4.71. The average Bonchev–Trinajstić information content (AvgIpc) is 2.82. The van der Waals surface area contributed by atoms with Gasteiger partial charge in [-0.25, -0.2) is 9.37 Å². The monoisotopic (exact) mass is 301 g/mol. The molecule has 1 aromatic carbocycles. The summed E-state index contributed by atoms with van der Waals surface area (Å²) in [5, 5.41) is 3.21. The fourth-order valence-electron chi connectivity index (χ4n) is 2.05. The molecule has 0 saturated carbocycles. The number of fused-ring (bicyclic) bond motifs is 1. The molecular formula is C15H12FN3OS. The van der Waals surface area contributed by atoms with Crippen LogP contribution in [0.25, 0.3) is 10.3 Å². The SMILES string of the molecule is Cc1cc(C)c2sc(NC(=O)c3ccc(F)cc3)nc2n1. The van der Waals surface area contributed by atoms with Gasteiger partial charge in [0.2, 0.25) is 0 Å². The molecule has 21 heavy (non-hydrogen) atoms. The van der Waals surface area contributed by atoms with E-state index in [4.69, 9.17) is 0 Å². The zero-order chi connectivity index (χ0) is 15.0. The van der Waals surface area contributed by atoms with Crippen LogP contribution < -0.4 is 5.32 Å². The highest BCUT2D eigenvalue weighted by atomic mass is 32.1. The van der Waals surface area contributed by atoms with E-state index in [2.05, 4.69) is 15.3 Å². The average molecular weight is 301 g/mol. The summed E-state index contributed by atoms with van der Waals surface area (Å²) in [7, 11) is 0. The third-order valence-electron chi connectivity index (χ3n) is 3.00. The summed E-state index contributed by atoms with van der Waals surface area (Å²) in [5.74, 6) is -0.690. The lowest BCUT2D eigenvalue weighted by atomic mass is 10.2. The number of thiazole rings is 1. The standard InChI is InChI=1S/C15H12FN3OS/c1-8-7-9(2)17-13-12(8)21-15(18-13)19-14(20)10-3-5-11(16)6-4-10/h3-7H,1-2H3,(H,17,18,19,20). The first-order chi connectivity index (χ1) is 10.0. The number of hydrogen-bond acceptors (Lipinski definition) is 4. The number of carbonyl (C=O) groups is 1. The number of aryl methyl sites for hydroxylation is 2. The van der Waals surface area contributed by atoms with E-state index >= 15 is 0 Å². The van der Waals surface area contributed by atoms with Gasteiger partial charge in [0.25, 0.3) is 5.91 Å². The molecule has 1 N–H and O–H groups in total. The third-order valence-corrected chi connectivity index (χ3v) is 4.10. The van der Waals surface area contributed by atoms with Crippen LogP contribution in [0.4, 0.5) is 9.52 Å². The van der Waals surface area contributed by atoms with Crippen molar-refractivity contribution in [1.29, 1.82) is 0 Å². The Hall–Kier alpha value is -2.34. The zero-order valence-corrected chi connectivity index (χ0v) is 12.3. The number of carbonyl (C=O) groups excluding carboxylic acids is 1. The quantitative estimate of drug-likeness (QED) is 0.785. The van der Waals surface area contributed by atoms with Crippen molar-refractivity contribution in [3.8, 4) is 0 Å². The van der Waals surface area contributed by atoms with E-state index in [1.807, 2.05) is 19.9 Å². The van der Waals surface area contributed by atoms with Gasteiger partial charge < -0.3 is 0 Å². The number of nitrogens with zero attached hydrogens (tertiary/aromatic N) is 2. The van der Waals surface area contributed by atoms with Crippen LogP contribution in [-0.2, 0) is 0 Å². The Kier molecular flexibility index (Phi) is 3.39. The van der Waals surface area contributed by atoms with E-state index < -0.39 is 0 Å². The Bertz CT molecular complexity index is 827. The van der Waals surface area contributed by atoms with Gasteiger partial charge in [-0.2, -0.15) is 4.98 Å². The highest BCUT2D eigenvalue weighted by molar-refractivity contribution is 7.22. The molecule has 0 fully saturated rings. The van der Waals surface area contributed by atoms with Crippen LogP contribution in [0, 0.1) is 19.7 Å². The van der Waals surface area contributed by atoms with E-state index in [1.165, 1.54) is 35.6 Å². The Labute approximate surface area is 124 Å². The number of benzene rings is 1. The van der Waals surface area contributed by atoms with Crippen molar-refractivity contribution >= 4 is 32.7 Å². The van der Waals surface area contributed by atoms with Crippen molar-refractivity contribution in [3.05, 3.63) is 53.0 Å². The molecule has 6 heteroatoms. The Balaban J connectivity index is 1.89. The number of pyridine rings is 1. The van der Waals surface area contributed by atoms with Gasteiger partial charge in [0, 0.05) is 11.3 Å². The lowest BCUT2D eigenvalue weighted by Gasteiger charge is -2.00. The first-order valence-corrected chi connectivity index (χ1v) is 7.16. The lowest BCUT2D eigenvalue weighted by molar-refractivity contribution is 0.102. The molecule has 1 amide bonds. The number of nitrogens with one attached hydrogen (secondary N) is 1. The van der Waals surface area contributed by atoms with Gasteiger partial charge in [-0.15, -0.1) is 0 Å². The molecule has 0 bridgehead atoms. The molecule has 0 saturated heterocycles. The maximum absolute atomic E-state index is 12.8. The molecule has 4 nitrogen and oxygen atoms in total. The fraction of sp³-hybridized carbons (Fsp3) is 0.133. The number of anilines is 1. The van der Waals surface area contributed by atoms with Gasteiger partial charge in [-0.3, -0.25) is 10.1 Å². The molecule has 0 aliphatic carbocycles. The molecule has 0 radical (unpaired) electrons. The molecule has 2 aromatic heterocycles. The summed E-state index contributed by atoms with van der Waals surface area (Å²) < 4.78 is 13.8. The van der Waals surface area contributed by atoms with Crippen LogP contribution in [0.1, 0.15) is 21.6 Å². The first kappa shape index (κ1) is 13.6. The smallest absolute Gasteiger partial charge is 0.257 e. The fourth-order valence-corrected chi connectivity index (χ4v) is 2.92. The molecule has 3 aromatic rings. The topological polar surface area (TPSA) is 54.9 Å². The summed E-state index contributed by atoms with van der Waals surface area (Å²) in [6.07, 6.45) is 0. The number of aromatic nitrogens is 2. The van der Waals surface area contributed by atoms with Crippen LogP contribution in [0.2, 0.25) is 0 Å². The van der Waals surface area contributed by atoms with Crippen molar-refractivity contribution in [2.45, 2.75) is 13.8 Å². The second kappa shape index (κ2) is 5.21. The number of rotatable bonds is 2. The van der Waals surface area contributed by atoms with Crippen LogP contribution in [0.3, 0.4) is 0 Å². The number of amides is 1. The highest BCUT2D eigenvalue weighted by Crippen LogP contribution is 2.28. The minimum Gasteiger partial charge on any atom is -0.298 e. The zero-order valence-electron chi connectivity index (χ0n) is 11.5. The largest absolute Gasteiger partial charge is 0.298 e. The van der Waals surface area contributed by atoms with Crippen molar-refractivity contribution < 1.29 is 9.18 Å². The van der Waals surface area contributed by atoms with Crippen molar-refractivity contribution in [2.75, 3.05) is 5.32 Å². The lowest BCUT2D eigenvalue weighted by Crippen LogP contribution is -2.11. The summed E-state index contributed by atoms with van der Waals surface area (Å²) in [5.41, 5.74) is 2.99. The van der Waals surface area contributed by atoms with Crippen LogP contribution in [-0.4, -0.2) is 15.9 Å². The van der Waals surface area contributed by atoms with Gasteiger partial charge in [0.1, 0.15) is 5.82 Å². The van der Waals surface area contributed by atoms with Gasteiger partial charge in [-0.1, -0.05) is 11.3 Å². The van der Waals surface area contributed by atoms with Crippen molar-refractivity contribution in [2.24, 2.45) is 0 Å².